The number of halogens is 1. The molecule has 4 aliphatic rings. The Morgan fingerprint density at radius 2 is 1.58 bits per heavy atom. The van der Waals surface area contributed by atoms with E-state index in [0.29, 0.717) is 39.3 Å². The Hall–Kier alpha value is -2.77. The van der Waals surface area contributed by atoms with Crippen LogP contribution < -0.4 is 10.6 Å². The van der Waals surface area contributed by atoms with Crippen LogP contribution in [-0.2, 0) is 16.0 Å². The molecular weight excluding hydrogens is 492 g/mol. The molecule has 0 radical (unpaired) electrons. The van der Waals surface area contributed by atoms with Gasteiger partial charge in [-0.1, -0.05) is 65.4 Å². The van der Waals surface area contributed by atoms with Gasteiger partial charge in [-0.2, -0.15) is 0 Å². The van der Waals surface area contributed by atoms with Gasteiger partial charge >= 0.3 is 0 Å². The Morgan fingerprint density at radius 1 is 0.944 bits per heavy atom. The molecule has 3 aromatic rings. The molecule has 8 heteroatoms. The lowest BCUT2D eigenvalue weighted by Gasteiger charge is -2.55. The summed E-state index contributed by atoms with van der Waals surface area (Å²) in [7, 11) is 0. The summed E-state index contributed by atoms with van der Waals surface area (Å²) in [6.45, 7) is 0. The smallest absolute Gasteiger partial charge is 0.249 e. The fraction of sp³-hybridized carbons (Fsp3) is 0.429. The number of nitrogens with zero attached hydrogens (tertiary/aromatic N) is 2. The van der Waals surface area contributed by atoms with Gasteiger partial charge in [0.1, 0.15) is 11.0 Å². The molecule has 0 aliphatic heterocycles. The SMILES string of the molecule is O=C(Nc1nnc(-c2ccc(Cl)cc2)s1)[C@H](Cc1ccccc1)NC(=O)C12CC3CC(CC(C3)C1)C2. The molecule has 7 rings (SSSR count). The summed E-state index contributed by atoms with van der Waals surface area (Å²) in [5.41, 5.74) is 1.57. The summed E-state index contributed by atoms with van der Waals surface area (Å²) in [6.07, 6.45) is 7.13. The number of carbonyl (C=O) groups is 2. The van der Waals surface area contributed by atoms with Crippen molar-refractivity contribution < 1.29 is 9.59 Å². The van der Waals surface area contributed by atoms with Crippen molar-refractivity contribution in [3.05, 3.63) is 65.2 Å². The Bertz CT molecular complexity index is 1220. The lowest BCUT2D eigenvalue weighted by Crippen LogP contribution is -2.57. The van der Waals surface area contributed by atoms with Crippen molar-refractivity contribution >= 4 is 39.9 Å². The zero-order valence-corrected chi connectivity index (χ0v) is 21.5. The number of benzene rings is 2. The first-order valence-electron chi connectivity index (χ1n) is 12.7. The fourth-order valence-electron chi connectivity index (χ4n) is 6.93. The summed E-state index contributed by atoms with van der Waals surface area (Å²) < 4.78 is 0. The van der Waals surface area contributed by atoms with Crippen molar-refractivity contribution in [2.75, 3.05) is 5.32 Å². The van der Waals surface area contributed by atoms with Gasteiger partial charge in [-0.15, -0.1) is 10.2 Å². The quantitative estimate of drug-likeness (QED) is 0.416. The van der Waals surface area contributed by atoms with E-state index in [9.17, 15) is 9.59 Å². The number of hydrogen-bond acceptors (Lipinski definition) is 5. The molecule has 186 valence electrons. The number of anilines is 1. The van der Waals surface area contributed by atoms with E-state index in [0.717, 1.165) is 30.4 Å². The average molecular weight is 521 g/mol. The Balaban J connectivity index is 1.20. The fourth-order valence-corrected chi connectivity index (χ4v) is 7.81. The first kappa shape index (κ1) is 23.6. The molecule has 6 nitrogen and oxygen atoms in total. The lowest BCUT2D eigenvalue weighted by molar-refractivity contribution is -0.148. The highest BCUT2D eigenvalue weighted by Crippen LogP contribution is 2.60. The van der Waals surface area contributed by atoms with Crippen molar-refractivity contribution in [2.45, 2.75) is 51.0 Å². The zero-order chi connectivity index (χ0) is 24.7. The first-order valence-corrected chi connectivity index (χ1v) is 13.9. The van der Waals surface area contributed by atoms with Crippen LogP contribution in [0.4, 0.5) is 5.13 Å². The van der Waals surface area contributed by atoms with Gasteiger partial charge < -0.3 is 5.32 Å². The maximum atomic E-state index is 13.7. The molecule has 1 atom stereocenters. The topological polar surface area (TPSA) is 84.0 Å². The third-order valence-electron chi connectivity index (χ3n) is 8.17. The van der Waals surface area contributed by atoms with Crippen LogP contribution in [0, 0.1) is 23.2 Å². The number of carbonyl (C=O) groups excluding carboxylic acids is 2. The van der Waals surface area contributed by atoms with E-state index in [4.69, 9.17) is 11.6 Å². The maximum Gasteiger partial charge on any atom is 0.249 e. The third-order valence-corrected chi connectivity index (χ3v) is 9.31. The van der Waals surface area contributed by atoms with Crippen LogP contribution in [0.15, 0.2) is 54.6 Å². The number of hydrogen-bond donors (Lipinski definition) is 2. The predicted molar refractivity (Wildman–Crippen MR) is 142 cm³/mol. The number of amides is 2. The minimum Gasteiger partial charge on any atom is -0.343 e. The molecule has 1 aromatic heterocycles. The van der Waals surface area contributed by atoms with Gasteiger partial charge in [0.05, 0.1) is 0 Å². The Labute approximate surface area is 219 Å². The second-order valence-electron chi connectivity index (χ2n) is 10.8. The number of aromatic nitrogens is 2. The van der Waals surface area contributed by atoms with Crippen molar-refractivity contribution in [2.24, 2.45) is 23.2 Å². The van der Waals surface area contributed by atoms with Crippen molar-refractivity contribution in [1.29, 1.82) is 0 Å². The molecule has 4 aliphatic carbocycles. The first-order chi connectivity index (χ1) is 17.5. The summed E-state index contributed by atoms with van der Waals surface area (Å²) in [5.74, 6) is 1.77. The van der Waals surface area contributed by atoms with Crippen LogP contribution in [0.5, 0.6) is 0 Å². The zero-order valence-electron chi connectivity index (χ0n) is 20.0. The second kappa shape index (κ2) is 9.60. The second-order valence-corrected chi connectivity index (χ2v) is 12.2. The highest BCUT2D eigenvalue weighted by atomic mass is 35.5. The van der Waals surface area contributed by atoms with E-state index in [1.165, 1.54) is 30.6 Å². The summed E-state index contributed by atoms with van der Waals surface area (Å²) >= 11 is 7.29. The normalized spacial score (nSPS) is 27.0. The van der Waals surface area contributed by atoms with Crippen LogP contribution in [0.25, 0.3) is 10.6 Å². The van der Waals surface area contributed by atoms with Crippen LogP contribution >= 0.6 is 22.9 Å². The van der Waals surface area contributed by atoms with Crippen LogP contribution in [-0.4, -0.2) is 28.1 Å². The highest BCUT2D eigenvalue weighted by molar-refractivity contribution is 7.18. The Kier molecular flexibility index (Phi) is 6.30. The van der Waals surface area contributed by atoms with E-state index in [2.05, 4.69) is 20.8 Å². The van der Waals surface area contributed by atoms with Crippen molar-refractivity contribution in [3.8, 4) is 10.6 Å². The van der Waals surface area contributed by atoms with Crippen molar-refractivity contribution in [1.82, 2.24) is 15.5 Å². The van der Waals surface area contributed by atoms with E-state index in [1.807, 2.05) is 42.5 Å². The molecule has 0 unspecified atom stereocenters. The van der Waals surface area contributed by atoms with Gasteiger partial charge in [-0.25, -0.2) is 0 Å². The molecule has 4 saturated carbocycles. The lowest BCUT2D eigenvalue weighted by atomic mass is 9.49. The summed E-state index contributed by atoms with van der Waals surface area (Å²) in [6, 6.07) is 16.5. The molecule has 36 heavy (non-hydrogen) atoms. The van der Waals surface area contributed by atoms with E-state index < -0.39 is 6.04 Å². The number of rotatable bonds is 7. The van der Waals surface area contributed by atoms with Gasteiger partial charge in [0.25, 0.3) is 0 Å². The molecular formula is C28H29ClN4O2S. The predicted octanol–water partition coefficient (Wildman–Crippen LogP) is 5.74. The van der Waals surface area contributed by atoms with E-state index >= 15 is 0 Å². The molecule has 0 spiro atoms. The van der Waals surface area contributed by atoms with Gasteiger partial charge in [-0.3, -0.25) is 14.9 Å². The van der Waals surface area contributed by atoms with Crippen molar-refractivity contribution in [3.63, 3.8) is 0 Å². The Morgan fingerprint density at radius 3 is 2.22 bits per heavy atom. The maximum absolute atomic E-state index is 13.7. The molecule has 4 bridgehead atoms. The van der Waals surface area contributed by atoms with Crippen LogP contribution in [0.3, 0.4) is 0 Å². The highest BCUT2D eigenvalue weighted by Gasteiger charge is 2.55. The molecule has 4 fully saturated rings. The minimum atomic E-state index is -0.684. The van der Waals surface area contributed by atoms with Gasteiger partial charge in [-0.05, 0) is 74.0 Å². The molecule has 2 amide bonds. The van der Waals surface area contributed by atoms with Gasteiger partial charge in [0.2, 0.25) is 16.9 Å². The largest absolute Gasteiger partial charge is 0.343 e. The van der Waals surface area contributed by atoms with Gasteiger partial charge in [0.15, 0.2) is 0 Å². The van der Waals surface area contributed by atoms with E-state index in [-0.39, 0.29) is 17.2 Å². The molecule has 2 aromatic carbocycles. The van der Waals surface area contributed by atoms with E-state index in [1.54, 1.807) is 12.1 Å². The third kappa shape index (κ3) is 4.78. The molecule has 0 saturated heterocycles. The van der Waals surface area contributed by atoms with Crippen LogP contribution in [0.1, 0.15) is 44.1 Å². The minimum absolute atomic E-state index is 0.0526. The summed E-state index contributed by atoms with van der Waals surface area (Å²) in [5, 5.41) is 16.2. The van der Waals surface area contributed by atoms with Gasteiger partial charge in [0, 0.05) is 22.4 Å². The number of nitrogens with one attached hydrogen (secondary N) is 2. The monoisotopic (exact) mass is 520 g/mol. The molecule has 1 heterocycles. The summed E-state index contributed by atoms with van der Waals surface area (Å²) in [4.78, 5) is 27.2. The standard InChI is InChI=1S/C28H29ClN4O2S/c29-22-8-6-21(7-9-22)25-32-33-27(36-25)31-24(34)23(13-17-4-2-1-3-5-17)30-26(35)28-14-18-10-19(15-28)12-20(11-18)16-28/h1-9,18-20,23H,10-16H2,(H,30,35)(H,31,33,34)/t18?,19?,20?,23-,28?/m0/s1. The van der Waals surface area contributed by atoms with Crippen LogP contribution in [0.2, 0.25) is 5.02 Å². The average Bonchev–Trinajstić information content (AvgIpc) is 3.32. The molecule has 2 N–H and O–H groups in total.